The van der Waals surface area contributed by atoms with Crippen LogP contribution in [-0.2, 0) is 15.7 Å². The monoisotopic (exact) mass is 390 g/mol. The van der Waals surface area contributed by atoms with Gasteiger partial charge in [0.25, 0.3) is 0 Å². The lowest BCUT2D eigenvalue weighted by atomic mass is 10.1. The highest BCUT2D eigenvalue weighted by molar-refractivity contribution is 5.73. The summed E-state index contributed by atoms with van der Waals surface area (Å²) >= 11 is 0. The smallest absolute Gasteiger partial charge is 0.368 e. The maximum absolute atomic E-state index is 13.1. The van der Waals surface area contributed by atoms with Crippen LogP contribution in [0, 0.1) is 0 Å². The van der Waals surface area contributed by atoms with Crippen LogP contribution in [0.4, 0.5) is 13.2 Å². The van der Waals surface area contributed by atoms with E-state index in [9.17, 15) is 18.0 Å². The van der Waals surface area contributed by atoms with Crippen molar-refractivity contribution < 1.29 is 22.7 Å². The second kappa shape index (κ2) is 6.90. The van der Waals surface area contributed by atoms with Gasteiger partial charge in [-0.15, -0.1) is 0 Å². The number of rotatable bonds is 2. The molecule has 0 saturated carbocycles. The Morgan fingerprint density at radius 2 is 2.07 bits per heavy atom. The molecule has 0 spiro atoms. The second-order valence-electron chi connectivity index (χ2n) is 6.56. The van der Waals surface area contributed by atoms with Gasteiger partial charge in [0.05, 0.1) is 42.0 Å². The molecule has 1 saturated heterocycles. The van der Waals surface area contributed by atoms with Crippen LogP contribution in [0.5, 0.6) is 0 Å². The van der Waals surface area contributed by atoms with Crippen LogP contribution >= 0.6 is 0 Å². The first kappa shape index (κ1) is 18.4. The van der Waals surface area contributed by atoms with Crippen LogP contribution in [0.15, 0.2) is 42.7 Å². The molecule has 1 atom stereocenters. The van der Waals surface area contributed by atoms with Gasteiger partial charge in [0, 0.05) is 19.7 Å². The number of hydrogen-bond acceptors (Lipinski definition) is 4. The topological polar surface area (TPSA) is 59.7 Å². The molecule has 0 aliphatic carbocycles. The molecule has 1 aliphatic rings. The van der Waals surface area contributed by atoms with Crippen molar-refractivity contribution in [2.45, 2.75) is 19.2 Å². The fourth-order valence-corrected chi connectivity index (χ4v) is 3.23. The molecule has 0 radical (unpaired) electrons. The van der Waals surface area contributed by atoms with Crippen molar-refractivity contribution in [3.05, 3.63) is 54.0 Å². The largest absolute Gasteiger partial charge is 0.417 e. The third kappa shape index (κ3) is 3.45. The number of alkyl halides is 3. The van der Waals surface area contributed by atoms with Gasteiger partial charge in [0.1, 0.15) is 11.8 Å². The number of aromatic nitrogens is 3. The van der Waals surface area contributed by atoms with E-state index in [1.807, 2.05) is 0 Å². The van der Waals surface area contributed by atoms with Gasteiger partial charge in [-0.25, -0.2) is 9.97 Å². The average molecular weight is 390 g/mol. The fourth-order valence-electron chi connectivity index (χ4n) is 3.23. The van der Waals surface area contributed by atoms with Crippen molar-refractivity contribution in [1.82, 2.24) is 19.3 Å². The fraction of sp³-hybridized carbons (Fsp3) is 0.316. The normalized spacial score (nSPS) is 17.9. The van der Waals surface area contributed by atoms with E-state index >= 15 is 0 Å². The van der Waals surface area contributed by atoms with Crippen LogP contribution < -0.4 is 0 Å². The summed E-state index contributed by atoms with van der Waals surface area (Å²) in [5, 5.41) is 0. The number of pyridine rings is 2. The van der Waals surface area contributed by atoms with Gasteiger partial charge in [-0.3, -0.25) is 9.20 Å². The first-order valence-corrected chi connectivity index (χ1v) is 8.71. The summed E-state index contributed by atoms with van der Waals surface area (Å²) in [5.74, 6) is -0.0362. The van der Waals surface area contributed by atoms with Crippen molar-refractivity contribution in [3.8, 4) is 11.4 Å². The lowest BCUT2D eigenvalue weighted by Crippen LogP contribution is -2.41. The molecular formula is C19H17F3N4O2. The van der Waals surface area contributed by atoms with Crippen LogP contribution in [0.25, 0.3) is 17.0 Å². The van der Waals surface area contributed by atoms with Crippen LogP contribution in [0.3, 0.4) is 0 Å². The van der Waals surface area contributed by atoms with Crippen LogP contribution in [0.1, 0.15) is 24.3 Å². The molecule has 0 N–H and O–H groups in total. The molecule has 1 unspecified atom stereocenters. The standard InChI is InChI=1S/C19H17F3N4O2/c1-12(27)25-7-8-28-17(11-25)15-4-2-3-14(24-15)16-9-23-18-6-5-13(10-26(16)18)19(20,21)22/h2-6,9-10,17H,7-8,11H2,1H3. The highest BCUT2D eigenvalue weighted by atomic mass is 19.4. The zero-order valence-corrected chi connectivity index (χ0v) is 15.0. The molecule has 9 heteroatoms. The number of halogens is 3. The van der Waals surface area contributed by atoms with Crippen molar-refractivity contribution in [1.29, 1.82) is 0 Å². The molecule has 0 aromatic carbocycles. The van der Waals surface area contributed by atoms with Crippen LogP contribution in [-0.4, -0.2) is 44.9 Å². The highest BCUT2D eigenvalue weighted by Crippen LogP contribution is 2.31. The van der Waals surface area contributed by atoms with E-state index in [1.54, 1.807) is 23.1 Å². The molecule has 3 aromatic rings. The summed E-state index contributed by atoms with van der Waals surface area (Å²) in [7, 11) is 0. The van der Waals surface area contributed by atoms with Gasteiger partial charge in [-0.05, 0) is 24.3 Å². The number of morpholine rings is 1. The lowest BCUT2D eigenvalue weighted by Gasteiger charge is -2.32. The van der Waals surface area contributed by atoms with Gasteiger partial charge >= 0.3 is 6.18 Å². The molecule has 28 heavy (non-hydrogen) atoms. The summed E-state index contributed by atoms with van der Waals surface area (Å²) in [5.41, 5.74) is 1.18. The summed E-state index contributed by atoms with van der Waals surface area (Å²) in [6.07, 6.45) is -2.33. The Balaban J connectivity index is 1.71. The molecule has 3 aromatic heterocycles. The maximum Gasteiger partial charge on any atom is 0.417 e. The van der Waals surface area contributed by atoms with Crippen molar-refractivity contribution in [2.75, 3.05) is 19.7 Å². The molecule has 6 nitrogen and oxygen atoms in total. The number of nitrogens with zero attached hydrogens (tertiary/aromatic N) is 4. The Bertz CT molecular complexity index is 1030. The SMILES string of the molecule is CC(=O)N1CCOC(c2cccc(-c3cnc4ccc(C(F)(F)F)cn34)n2)C1. The lowest BCUT2D eigenvalue weighted by molar-refractivity contribution is -0.138. The molecule has 4 rings (SSSR count). The van der Waals surface area contributed by atoms with Crippen molar-refractivity contribution >= 4 is 11.6 Å². The Morgan fingerprint density at radius 3 is 2.82 bits per heavy atom. The molecule has 1 amide bonds. The molecule has 4 heterocycles. The first-order chi connectivity index (χ1) is 13.3. The number of fused-ring (bicyclic) bond motifs is 1. The van der Waals surface area contributed by atoms with E-state index in [2.05, 4.69) is 9.97 Å². The zero-order chi connectivity index (χ0) is 19.9. The Labute approximate surface area is 158 Å². The molecule has 146 valence electrons. The Morgan fingerprint density at radius 1 is 1.25 bits per heavy atom. The van der Waals surface area contributed by atoms with E-state index in [-0.39, 0.29) is 12.0 Å². The Hall–Kier alpha value is -2.94. The summed E-state index contributed by atoms with van der Waals surface area (Å²) in [6, 6.07) is 7.58. The second-order valence-corrected chi connectivity index (χ2v) is 6.56. The number of imidazole rings is 1. The third-order valence-electron chi connectivity index (χ3n) is 4.71. The summed E-state index contributed by atoms with van der Waals surface area (Å²) < 4.78 is 46.3. The minimum absolute atomic E-state index is 0.0362. The van der Waals surface area contributed by atoms with E-state index < -0.39 is 11.7 Å². The third-order valence-corrected chi connectivity index (χ3v) is 4.71. The number of carbonyl (C=O) groups is 1. The van der Waals surface area contributed by atoms with Gasteiger partial charge in [0.2, 0.25) is 5.91 Å². The van der Waals surface area contributed by atoms with Crippen molar-refractivity contribution in [3.63, 3.8) is 0 Å². The van der Waals surface area contributed by atoms with Gasteiger partial charge in [0.15, 0.2) is 0 Å². The zero-order valence-electron chi connectivity index (χ0n) is 15.0. The predicted molar refractivity (Wildman–Crippen MR) is 94.4 cm³/mol. The number of amides is 1. The molecule has 1 aliphatic heterocycles. The first-order valence-electron chi connectivity index (χ1n) is 8.71. The number of ether oxygens (including phenoxy) is 1. The Kier molecular flexibility index (Phi) is 4.54. The average Bonchev–Trinajstić information content (AvgIpc) is 3.11. The summed E-state index contributed by atoms with van der Waals surface area (Å²) in [6.45, 7) is 2.82. The number of carbonyl (C=O) groups excluding carboxylic acids is 1. The van der Waals surface area contributed by atoms with Gasteiger partial charge < -0.3 is 9.64 Å². The minimum atomic E-state index is -4.45. The summed E-state index contributed by atoms with van der Waals surface area (Å²) in [4.78, 5) is 22.1. The molecule has 1 fully saturated rings. The van der Waals surface area contributed by atoms with E-state index in [0.717, 1.165) is 12.3 Å². The highest BCUT2D eigenvalue weighted by Gasteiger charge is 2.31. The predicted octanol–water partition coefficient (Wildman–Crippen LogP) is 3.33. The van der Waals surface area contributed by atoms with E-state index in [1.165, 1.54) is 23.6 Å². The maximum atomic E-state index is 13.1. The minimum Gasteiger partial charge on any atom is -0.368 e. The molecular weight excluding hydrogens is 373 g/mol. The quantitative estimate of drug-likeness (QED) is 0.674. The van der Waals surface area contributed by atoms with Gasteiger partial charge in [-0.1, -0.05) is 6.07 Å². The van der Waals surface area contributed by atoms with Gasteiger partial charge in [-0.2, -0.15) is 13.2 Å². The molecule has 0 bridgehead atoms. The van der Waals surface area contributed by atoms with Crippen molar-refractivity contribution in [2.24, 2.45) is 0 Å². The number of hydrogen-bond donors (Lipinski definition) is 0. The van der Waals surface area contributed by atoms with E-state index in [0.29, 0.717) is 42.4 Å². The van der Waals surface area contributed by atoms with E-state index in [4.69, 9.17) is 4.74 Å². The van der Waals surface area contributed by atoms with Crippen LogP contribution in [0.2, 0.25) is 0 Å².